The molecule has 0 fully saturated rings. The summed E-state index contributed by atoms with van der Waals surface area (Å²) in [6, 6.07) is 40.1. The molecule has 0 saturated carbocycles. The molecule has 0 unspecified atom stereocenters. The van der Waals surface area contributed by atoms with Crippen LogP contribution in [0.1, 0.15) is 53.3 Å². The maximum Gasteiger partial charge on any atom is 0.0519 e. The van der Waals surface area contributed by atoms with Gasteiger partial charge in [0.15, 0.2) is 0 Å². The van der Waals surface area contributed by atoms with Gasteiger partial charge >= 0.3 is 0 Å². The lowest BCUT2D eigenvalue weighted by Gasteiger charge is -2.19. The number of aromatic nitrogens is 1. The van der Waals surface area contributed by atoms with Crippen molar-refractivity contribution in [3.8, 4) is 11.1 Å². The minimum Gasteiger partial charge on any atom is -0.260 e. The standard InChI is InChI=1S/C46H37N/c1-2-34(30-33-24-25-35-16-12-28-47-44(35)31-33)39-17-7-6-15-38(39)29-32-22-26-37(27-23-32)46-42-20-10-8-18-40(42)45(36-13-4-3-5-14-36)41-19-9-11-21-43(41)46/h2,4,6-28,30H,3,5,29,31H2,1H3/b33-30-,34-2+. The first-order valence-corrected chi connectivity index (χ1v) is 16.7. The van der Waals surface area contributed by atoms with E-state index in [1.165, 1.54) is 77.2 Å². The summed E-state index contributed by atoms with van der Waals surface area (Å²) in [4.78, 5) is 4.62. The van der Waals surface area contributed by atoms with Gasteiger partial charge in [-0.05, 0) is 109 Å². The van der Waals surface area contributed by atoms with Gasteiger partial charge in [-0.3, -0.25) is 4.98 Å². The van der Waals surface area contributed by atoms with Gasteiger partial charge in [0.05, 0.1) is 5.69 Å². The molecule has 2 aliphatic rings. The highest BCUT2D eigenvalue weighted by Crippen LogP contribution is 2.42. The molecular weight excluding hydrogens is 567 g/mol. The molecule has 0 aliphatic heterocycles. The molecular formula is C46H37N. The van der Waals surface area contributed by atoms with Crippen LogP contribution in [-0.2, 0) is 12.8 Å². The van der Waals surface area contributed by atoms with E-state index in [1.54, 1.807) is 0 Å². The lowest BCUT2D eigenvalue weighted by Crippen LogP contribution is -2.01. The molecule has 0 N–H and O–H groups in total. The number of benzene rings is 5. The van der Waals surface area contributed by atoms with E-state index in [9.17, 15) is 0 Å². The molecule has 226 valence electrons. The molecule has 1 nitrogen and oxygen atoms in total. The zero-order valence-electron chi connectivity index (χ0n) is 26.8. The van der Waals surface area contributed by atoms with Crippen LogP contribution in [0, 0.1) is 0 Å². The van der Waals surface area contributed by atoms with Gasteiger partial charge in [-0.15, -0.1) is 0 Å². The summed E-state index contributed by atoms with van der Waals surface area (Å²) >= 11 is 0. The number of allylic oxidation sites excluding steroid dienone is 9. The summed E-state index contributed by atoms with van der Waals surface area (Å²) < 4.78 is 0. The second-order valence-corrected chi connectivity index (χ2v) is 12.5. The van der Waals surface area contributed by atoms with Gasteiger partial charge in [-0.2, -0.15) is 0 Å². The van der Waals surface area contributed by atoms with Crippen LogP contribution in [0.4, 0.5) is 0 Å². The molecule has 2 aliphatic carbocycles. The highest BCUT2D eigenvalue weighted by atomic mass is 14.7. The molecule has 0 spiro atoms. The third kappa shape index (κ3) is 5.59. The fourth-order valence-electron chi connectivity index (χ4n) is 7.33. The first kappa shape index (κ1) is 28.9. The predicted octanol–water partition coefficient (Wildman–Crippen LogP) is 12.0. The van der Waals surface area contributed by atoms with Crippen LogP contribution in [0.5, 0.6) is 0 Å². The number of nitrogens with zero attached hydrogens (tertiary/aromatic N) is 1. The molecule has 1 heterocycles. The van der Waals surface area contributed by atoms with Crippen LogP contribution >= 0.6 is 0 Å². The topological polar surface area (TPSA) is 12.9 Å². The summed E-state index contributed by atoms with van der Waals surface area (Å²) in [6.07, 6.45) is 21.8. The zero-order valence-corrected chi connectivity index (χ0v) is 26.8. The second-order valence-electron chi connectivity index (χ2n) is 12.5. The Labute approximate surface area is 277 Å². The highest BCUT2D eigenvalue weighted by Gasteiger charge is 2.18. The zero-order chi connectivity index (χ0) is 31.6. The number of fused-ring (bicyclic) bond motifs is 3. The van der Waals surface area contributed by atoms with E-state index in [-0.39, 0.29) is 0 Å². The second kappa shape index (κ2) is 12.7. The molecule has 1 aromatic heterocycles. The van der Waals surface area contributed by atoms with Crippen molar-refractivity contribution in [1.29, 1.82) is 0 Å². The Morgan fingerprint density at radius 2 is 1.38 bits per heavy atom. The average molecular weight is 604 g/mol. The summed E-state index contributed by atoms with van der Waals surface area (Å²) in [5, 5.41) is 5.24. The van der Waals surface area contributed by atoms with Crippen molar-refractivity contribution in [3.05, 3.63) is 191 Å². The molecule has 6 aromatic rings. The Morgan fingerprint density at radius 1 is 0.681 bits per heavy atom. The SMILES string of the molecule is C/C=C(\C=C1\C=Cc2cccnc2C1)c1ccccc1Cc1ccc(-c2c3ccccc3c(C3=CCCC=C3)c3ccccc23)cc1. The van der Waals surface area contributed by atoms with E-state index < -0.39 is 0 Å². The predicted molar refractivity (Wildman–Crippen MR) is 201 cm³/mol. The summed E-state index contributed by atoms with van der Waals surface area (Å²) in [5.41, 5.74) is 14.1. The van der Waals surface area contributed by atoms with Gasteiger partial charge in [0, 0.05) is 12.6 Å². The number of hydrogen-bond acceptors (Lipinski definition) is 1. The van der Waals surface area contributed by atoms with Crippen molar-refractivity contribution in [2.45, 2.75) is 32.6 Å². The summed E-state index contributed by atoms with van der Waals surface area (Å²) in [7, 11) is 0. The van der Waals surface area contributed by atoms with Crippen LogP contribution in [0.2, 0.25) is 0 Å². The van der Waals surface area contributed by atoms with Crippen molar-refractivity contribution in [1.82, 2.24) is 4.98 Å². The molecule has 0 saturated heterocycles. The van der Waals surface area contributed by atoms with E-state index in [4.69, 9.17) is 0 Å². The Bertz CT molecular complexity index is 2230. The first-order chi connectivity index (χ1) is 23.3. The monoisotopic (exact) mass is 603 g/mol. The first-order valence-electron chi connectivity index (χ1n) is 16.7. The molecule has 0 atom stereocenters. The van der Waals surface area contributed by atoms with Gasteiger partial charge in [0.1, 0.15) is 0 Å². The minimum absolute atomic E-state index is 0.853. The van der Waals surface area contributed by atoms with Crippen LogP contribution < -0.4 is 0 Å². The average Bonchev–Trinajstić information content (AvgIpc) is 3.14. The van der Waals surface area contributed by atoms with E-state index in [1.807, 2.05) is 12.3 Å². The van der Waals surface area contributed by atoms with Crippen LogP contribution in [0.25, 0.3) is 49.9 Å². The van der Waals surface area contributed by atoms with E-state index in [0.29, 0.717) is 0 Å². The quantitative estimate of drug-likeness (QED) is 0.173. The van der Waals surface area contributed by atoms with E-state index >= 15 is 0 Å². The largest absolute Gasteiger partial charge is 0.260 e. The lowest BCUT2D eigenvalue weighted by atomic mass is 9.84. The number of pyridine rings is 1. The molecule has 8 rings (SSSR count). The Hall–Kier alpha value is -5.53. The van der Waals surface area contributed by atoms with Gasteiger partial charge in [-0.25, -0.2) is 0 Å². The molecule has 0 amide bonds. The van der Waals surface area contributed by atoms with Crippen LogP contribution in [-0.4, -0.2) is 4.98 Å². The maximum atomic E-state index is 4.62. The summed E-state index contributed by atoms with van der Waals surface area (Å²) in [5.74, 6) is 0. The lowest BCUT2D eigenvalue weighted by molar-refractivity contribution is 1.04. The fraction of sp³-hybridized carbons (Fsp3) is 0.109. The molecule has 0 bridgehead atoms. The fourth-order valence-corrected chi connectivity index (χ4v) is 7.33. The van der Waals surface area contributed by atoms with Crippen molar-refractivity contribution in [2.75, 3.05) is 0 Å². The molecule has 0 radical (unpaired) electrons. The van der Waals surface area contributed by atoms with Crippen molar-refractivity contribution < 1.29 is 0 Å². The molecule has 1 heteroatoms. The third-order valence-electron chi connectivity index (χ3n) is 9.61. The Morgan fingerprint density at radius 3 is 2.09 bits per heavy atom. The Balaban J connectivity index is 1.14. The number of rotatable bonds is 6. The molecule has 5 aromatic carbocycles. The van der Waals surface area contributed by atoms with Crippen LogP contribution in [0.15, 0.2) is 157 Å². The van der Waals surface area contributed by atoms with Gasteiger partial charge < -0.3 is 0 Å². The van der Waals surface area contributed by atoms with Crippen molar-refractivity contribution >= 4 is 38.8 Å². The highest BCUT2D eigenvalue weighted by molar-refractivity contribution is 6.19. The van der Waals surface area contributed by atoms with Gasteiger partial charge in [-0.1, -0.05) is 146 Å². The van der Waals surface area contributed by atoms with E-state index in [2.05, 4.69) is 158 Å². The third-order valence-corrected chi connectivity index (χ3v) is 9.61. The summed E-state index contributed by atoms with van der Waals surface area (Å²) in [6.45, 7) is 2.14. The number of hydrogen-bond donors (Lipinski definition) is 0. The van der Waals surface area contributed by atoms with Crippen molar-refractivity contribution in [2.24, 2.45) is 0 Å². The minimum atomic E-state index is 0.853. The molecule has 47 heavy (non-hydrogen) atoms. The van der Waals surface area contributed by atoms with Crippen LogP contribution in [0.3, 0.4) is 0 Å². The van der Waals surface area contributed by atoms with Gasteiger partial charge in [0.2, 0.25) is 0 Å². The van der Waals surface area contributed by atoms with Gasteiger partial charge in [0.25, 0.3) is 0 Å². The Kier molecular flexibility index (Phi) is 7.81. The normalized spacial score (nSPS) is 15.3. The smallest absolute Gasteiger partial charge is 0.0519 e. The van der Waals surface area contributed by atoms with E-state index in [0.717, 1.165) is 31.4 Å². The van der Waals surface area contributed by atoms with Crippen molar-refractivity contribution in [3.63, 3.8) is 0 Å². The maximum absolute atomic E-state index is 4.62.